The summed E-state index contributed by atoms with van der Waals surface area (Å²) in [6, 6.07) is 17.8. The van der Waals surface area contributed by atoms with Crippen molar-refractivity contribution in [3.63, 3.8) is 0 Å². The van der Waals surface area contributed by atoms with Crippen LogP contribution in [0, 0.1) is 5.92 Å². The van der Waals surface area contributed by atoms with E-state index in [1.165, 1.54) is 18.4 Å². The van der Waals surface area contributed by atoms with Gasteiger partial charge in [-0.25, -0.2) is 0 Å². The van der Waals surface area contributed by atoms with E-state index in [0.29, 0.717) is 50.0 Å². The van der Waals surface area contributed by atoms with Crippen molar-refractivity contribution < 1.29 is 19.1 Å². The van der Waals surface area contributed by atoms with Crippen molar-refractivity contribution in [3.8, 4) is 5.75 Å². The van der Waals surface area contributed by atoms with Crippen LogP contribution in [0.2, 0.25) is 0 Å². The molecule has 1 saturated carbocycles. The fraction of sp³-hybridized carbons (Fsp3) is 0.562. The number of nitrogens with zero attached hydrogens (tertiary/aromatic N) is 2. The number of amides is 2. The number of carbonyl (C=O) groups is 2. The molecule has 2 aromatic carbocycles. The van der Waals surface area contributed by atoms with E-state index in [-0.39, 0.29) is 17.9 Å². The number of rotatable bonds is 7. The predicted octanol–water partition coefficient (Wildman–Crippen LogP) is 5.75. The maximum atomic E-state index is 13.7. The number of methoxy groups -OCH3 is 1. The van der Waals surface area contributed by atoms with Gasteiger partial charge in [-0.1, -0.05) is 68.1 Å². The van der Waals surface area contributed by atoms with E-state index in [9.17, 15) is 9.59 Å². The summed E-state index contributed by atoms with van der Waals surface area (Å²) in [6.07, 6.45) is 10.1. The second kappa shape index (κ2) is 14.9. The van der Waals surface area contributed by atoms with Gasteiger partial charge >= 0.3 is 0 Å². The fourth-order valence-corrected chi connectivity index (χ4v) is 5.82. The molecule has 2 amide bonds. The minimum atomic E-state index is -0.0954. The van der Waals surface area contributed by atoms with E-state index < -0.39 is 0 Å². The molecule has 2 aliphatic rings. The number of hydrogen-bond acceptors (Lipinski definition) is 4. The van der Waals surface area contributed by atoms with E-state index in [0.717, 1.165) is 51.5 Å². The third kappa shape index (κ3) is 8.07. The first-order chi connectivity index (χ1) is 18.7. The zero-order valence-electron chi connectivity index (χ0n) is 23.0. The average Bonchev–Trinajstić information content (AvgIpc) is 3.45. The number of fused-ring (bicyclic) bond motifs is 1. The Balaban J connectivity index is 1.60. The van der Waals surface area contributed by atoms with Gasteiger partial charge in [0.05, 0.1) is 18.2 Å². The largest absolute Gasteiger partial charge is 0.491 e. The van der Waals surface area contributed by atoms with Crippen LogP contribution in [0.5, 0.6) is 5.75 Å². The Morgan fingerprint density at radius 3 is 2.39 bits per heavy atom. The van der Waals surface area contributed by atoms with E-state index in [4.69, 9.17) is 9.47 Å². The summed E-state index contributed by atoms with van der Waals surface area (Å²) in [5.41, 5.74) is 1.76. The normalized spacial score (nSPS) is 20.0. The van der Waals surface area contributed by atoms with Gasteiger partial charge in [-0.15, -0.1) is 0 Å². The van der Waals surface area contributed by atoms with Crippen molar-refractivity contribution in [3.05, 3.63) is 65.7 Å². The van der Waals surface area contributed by atoms with Crippen molar-refractivity contribution in [2.45, 2.75) is 70.3 Å². The number of carbonyl (C=O) groups excluding carboxylic acids is 2. The molecule has 0 radical (unpaired) electrons. The second-order valence-corrected chi connectivity index (χ2v) is 10.8. The Bertz CT molecular complexity index is 1010. The molecule has 0 unspecified atom stereocenters. The first-order valence-corrected chi connectivity index (χ1v) is 14.5. The molecule has 0 saturated heterocycles. The molecule has 1 aliphatic carbocycles. The van der Waals surface area contributed by atoms with Crippen LogP contribution in [0.4, 0.5) is 0 Å². The number of benzene rings is 2. The van der Waals surface area contributed by atoms with Gasteiger partial charge in [0.25, 0.3) is 5.91 Å². The third-order valence-corrected chi connectivity index (χ3v) is 7.99. The van der Waals surface area contributed by atoms with Crippen molar-refractivity contribution in [2.75, 3.05) is 40.0 Å². The highest BCUT2D eigenvalue weighted by atomic mass is 16.5. The number of para-hydroxylation sites is 1. The van der Waals surface area contributed by atoms with Gasteiger partial charge in [0.2, 0.25) is 5.91 Å². The Labute approximate surface area is 228 Å². The first-order valence-electron chi connectivity index (χ1n) is 14.5. The predicted molar refractivity (Wildman–Crippen MR) is 150 cm³/mol. The molecule has 2 aromatic rings. The molecule has 4 rings (SSSR count). The van der Waals surface area contributed by atoms with Crippen molar-refractivity contribution >= 4 is 11.8 Å². The highest BCUT2D eigenvalue weighted by molar-refractivity contribution is 5.97. The molecule has 6 heteroatoms. The number of hydrogen-bond donors (Lipinski definition) is 0. The Kier molecular flexibility index (Phi) is 11.1. The summed E-state index contributed by atoms with van der Waals surface area (Å²) < 4.78 is 11.7. The molecule has 1 fully saturated rings. The van der Waals surface area contributed by atoms with Crippen molar-refractivity contribution in [1.29, 1.82) is 0 Å². The van der Waals surface area contributed by atoms with Gasteiger partial charge in [-0.3, -0.25) is 9.59 Å². The molecule has 0 bridgehead atoms. The molecular formula is C32H44N2O4. The van der Waals surface area contributed by atoms with Crippen LogP contribution in [0.1, 0.15) is 73.7 Å². The third-order valence-electron chi connectivity index (χ3n) is 7.99. The topological polar surface area (TPSA) is 59.1 Å². The lowest BCUT2D eigenvalue weighted by molar-refractivity contribution is -0.135. The van der Waals surface area contributed by atoms with Crippen LogP contribution < -0.4 is 4.74 Å². The summed E-state index contributed by atoms with van der Waals surface area (Å²) in [5, 5.41) is 0. The second-order valence-electron chi connectivity index (χ2n) is 10.8. The maximum absolute atomic E-state index is 13.7. The first kappa shape index (κ1) is 28.2. The van der Waals surface area contributed by atoms with Gasteiger partial charge in [0, 0.05) is 33.2 Å². The van der Waals surface area contributed by atoms with Crippen LogP contribution >= 0.6 is 0 Å². The summed E-state index contributed by atoms with van der Waals surface area (Å²) in [7, 11) is 1.67. The van der Waals surface area contributed by atoms with Crippen molar-refractivity contribution in [2.24, 2.45) is 5.92 Å². The lowest BCUT2D eigenvalue weighted by Gasteiger charge is -2.33. The van der Waals surface area contributed by atoms with Gasteiger partial charge in [0.1, 0.15) is 12.4 Å². The molecule has 1 atom stereocenters. The summed E-state index contributed by atoms with van der Waals surface area (Å²) >= 11 is 0. The smallest absolute Gasteiger partial charge is 0.257 e. The minimum Gasteiger partial charge on any atom is -0.491 e. The van der Waals surface area contributed by atoms with E-state index in [2.05, 4.69) is 17.0 Å². The standard InChI is InChI=1S/C32H44N2O4/c1-37-22-21-33-19-11-2-3-12-20-34(31(35)24-27-15-7-8-16-27)28(23-26-13-5-4-6-14-26)25-38-30-18-10-9-17-29(30)32(33)36/h4-6,9-10,13-14,17-18,27-28H,2-3,7-8,11-12,15-16,19-25H2,1H3/t28-/m0/s1. The van der Waals surface area contributed by atoms with Gasteiger partial charge in [-0.05, 0) is 55.7 Å². The molecule has 0 aromatic heterocycles. The zero-order chi connectivity index (χ0) is 26.6. The Morgan fingerprint density at radius 1 is 0.921 bits per heavy atom. The molecule has 206 valence electrons. The summed E-state index contributed by atoms with van der Waals surface area (Å²) in [6.45, 7) is 2.86. The quantitative estimate of drug-likeness (QED) is 0.467. The molecule has 6 nitrogen and oxygen atoms in total. The Hall–Kier alpha value is -2.86. The highest BCUT2D eigenvalue weighted by Gasteiger charge is 2.29. The lowest BCUT2D eigenvalue weighted by Crippen LogP contribution is -2.46. The van der Waals surface area contributed by atoms with Crippen LogP contribution in [-0.2, 0) is 16.0 Å². The lowest BCUT2D eigenvalue weighted by atomic mass is 10.00. The van der Waals surface area contributed by atoms with Crippen LogP contribution in [0.3, 0.4) is 0 Å². The molecule has 0 spiro atoms. The maximum Gasteiger partial charge on any atom is 0.257 e. The van der Waals surface area contributed by atoms with E-state index >= 15 is 0 Å². The summed E-state index contributed by atoms with van der Waals surface area (Å²) in [5.74, 6) is 1.32. The molecule has 0 N–H and O–H groups in total. The number of ether oxygens (including phenoxy) is 2. The SMILES string of the molecule is COCCN1CCCCCCN(C(=O)CC2CCCC2)[C@@H](Cc2ccccc2)COc2ccccc2C1=O. The van der Waals surface area contributed by atoms with Crippen LogP contribution in [0.15, 0.2) is 54.6 Å². The highest BCUT2D eigenvalue weighted by Crippen LogP contribution is 2.29. The monoisotopic (exact) mass is 520 g/mol. The molecule has 1 aliphatic heterocycles. The average molecular weight is 521 g/mol. The van der Waals surface area contributed by atoms with Crippen molar-refractivity contribution in [1.82, 2.24) is 9.80 Å². The zero-order valence-corrected chi connectivity index (χ0v) is 23.0. The molecule has 38 heavy (non-hydrogen) atoms. The minimum absolute atomic E-state index is 0.0246. The Morgan fingerprint density at radius 2 is 1.63 bits per heavy atom. The molecular weight excluding hydrogens is 476 g/mol. The van der Waals surface area contributed by atoms with Crippen LogP contribution in [-0.4, -0.2) is 67.6 Å². The van der Waals surface area contributed by atoms with Gasteiger partial charge in [-0.2, -0.15) is 0 Å². The fourth-order valence-electron chi connectivity index (χ4n) is 5.82. The van der Waals surface area contributed by atoms with Gasteiger partial charge < -0.3 is 19.3 Å². The van der Waals surface area contributed by atoms with E-state index in [1.807, 2.05) is 47.4 Å². The van der Waals surface area contributed by atoms with Crippen LogP contribution in [0.25, 0.3) is 0 Å². The molecule has 1 heterocycles. The van der Waals surface area contributed by atoms with E-state index in [1.54, 1.807) is 7.11 Å². The van der Waals surface area contributed by atoms with Gasteiger partial charge in [0.15, 0.2) is 0 Å². The summed E-state index contributed by atoms with van der Waals surface area (Å²) in [4.78, 5) is 31.3.